The van der Waals surface area contributed by atoms with Gasteiger partial charge in [-0.3, -0.25) is 14.3 Å². The molecule has 5 rings (SSSR count). The first kappa shape index (κ1) is 21.8. The fraction of sp³-hybridized carbons (Fsp3) is 0.167. The van der Waals surface area contributed by atoms with E-state index in [9.17, 15) is 9.59 Å². The number of likely N-dealkylation sites (tertiary alicyclic amines) is 1. The van der Waals surface area contributed by atoms with Gasteiger partial charge in [-0.15, -0.1) is 0 Å². The van der Waals surface area contributed by atoms with Crippen LogP contribution in [0.5, 0.6) is 0 Å². The molecule has 0 unspecified atom stereocenters. The molecule has 1 aromatic carbocycles. The fourth-order valence-electron chi connectivity index (χ4n) is 3.87. The predicted octanol–water partition coefficient (Wildman–Crippen LogP) is 2.99. The molecule has 1 saturated heterocycles. The minimum absolute atomic E-state index is 0.0776. The summed E-state index contributed by atoms with van der Waals surface area (Å²) in [7, 11) is 0. The number of aromatic amines is 1. The Labute approximate surface area is 200 Å². The van der Waals surface area contributed by atoms with Gasteiger partial charge in [0.2, 0.25) is 11.8 Å². The molecule has 11 nitrogen and oxygen atoms in total. The number of hydrogen-bond donors (Lipinski definition) is 3. The number of H-pyrrole nitrogens is 1. The van der Waals surface area contributed by atoms with Crippen LogP contribution in [0.3, 0.4) is 0 Å². The van der Waals surface area contributed by atoms with Gasteiger partial charge in [-0.05, 0) is 24.3 Å². The number of aromatic nitrogens is 5. The van der Waals surface area contributed by atoms with Gasteiger partial charge in [-0.1, -0.05) is 12.6 Å². The highest BCUT2D eigenvalue weighted by Gasteiger charge is 2.32. The number of hydrogen-bond acceptors (Lipinski definition) is 7. The van der Waals surface area contributed by atoms with Crippen molar-refractivity contribution in [3.63, 3.8) is 0 Å². The van der Waals surface area contributed by atoms with Crippen molar-refractivity contribution in [2.75, 3.05) is 23.7 Å². The smallest absolute Gasteiger partial charge is 0.247 e. The number of carbonyl (C=O) groups excluding carboxylic acids is 2. The number of nitriles is 1. The summed E-state index contributed by atoms with van der Waals surface area (Å²) in [6, 6.07) is 9.22. The topological polar surface area (TPSA) is 145 Å². The van der Waals surface area contributed by atoms with E-state index >= 15 is 0 Å². The Morgan fingerprint density at radius 1 is 1.29 bits per heavy atom. The number of nitrogens with one attached hydrogen (secondary N) is 3. The zero-order valence-corrected chi connectivity index (χ0v) is 18.6. The Morgan fingerprint density at radius 2 is 2.11 bits per heavy atom. The van der Waals surface area contributed by atoms with E-state index in [0.717, 1.165) is 16.8 Å². The molecular weight excluding hydrogens is 446 g/mol. The Kier molecular flexibility index (Phi) is 5.68. The number of anilines is 3. The zero-order chi connectivity index (χ0) is 24.4. The predicted molar refractivity (Wildman–Crippen MR) is 130 cm³/mol. The van der Waals surface area contributed by atoms with Gasteiger partial charge in [0.05, 0.1) is 24.5 Å². The van der Waals surface area contributed by atoms with Crippen LogP contribution in [0.2, 0.25) is 0 Å². The van der Waals surface area contributed by atoms with Crippen molar-refractivity contribution in [2.45, 2.75) is 12.5 Å². The quantitative estimate of drug-likeness (QED) is 0.354. The van der Waals surface area contributed by atoms with Gasteiger partial charge in [0.25, 0.3) is 0 Å². The largest absolute Gasteiger partial charge is 0.344 e. The summed E-state index contributed by atoms with van der Waals surface area (Å²) in [5.41, 5.74) is 4.43. The average Bonchev–Trinajstić information content (AvgIpc) is 3.45. The van der Waals surface area contributed by atoms with Crippen LogP contribution in [0.4, 0.5) is 17.2 Å². The molecule has 11 heteroatoms. The van der Waals surface area contributed by atoms with Crippen LogP contribution in [0, 0.1) is 11.3 Å². The second-order valence-electron chi connectivity index (χ2n) is 8.05. The van der Waals surface area contributed by atoms with Crippen LogP contribution < -0.4 is 10.6 Å². The first-order chi connectivity index (χ1) is 17.0. The second kappa shape index (κ2) is 9.11. The molecule has 3 N–H and O–H groups in total. The van der Waals surface area contributed by atoms with Gasteiger partial charge in [0.15, 0.2) is 5.65 Å². The number of amides is 2. The first-order valence-corrected chi connectivity index (χ1v) is 10.9. The van der Waals surface area contributed by atoms with Crippen LogP contribution in [-0.4, -0.2) is 54.5 Å². The summed E-state index contributed by atoms with van der Waals surface area (Å²) in [5.74, 6) is 0.101. The molecule has 0 spiro atoms. The average molecular weight is 467 g/mol. The molecule has 1 fully saturated rings. The van der Waals surface area contributed by atoms with E-state index in [-0.39, 0.29) is 24.3 Å². The van der Waals surface area contributed by atoms with Gasteiger partial charge in [-0.2, -0.15) is 10.4 Å². The first-order valence-electron chi connectivity index (χ1n) is 10.9. The van der Waals surface area contributed by atoms with E-state index in [1.165, 1.54) is 6.08 Å². The lowest BCUT2D eigenvalue weighted by atomic mass is 10.1. The molecule has 1 aliphatic rings. The van der Waals surface area contributed by atoms with Crippen molar-refractivity contribution >= 4 is 40.2 Å². The molecule has 174 valence electrons. The minimum Gasteiger partial charge on any atom is -0.344 e. The number of carbonyl (C=O) groups is 2. The zero-order valence-electron chi connectivity index (χ0n) is 18.6. The Bertz CT molecular complexity index is 1470. The van der Waals surface area contributed by atoms with Crippen LogP contribution in [-0.2, 0) is 9.59 Å². The van der Waals surface area contributed by atoms with Crippen molar-refractivity contribution in [1.29, 1.82) is 5.26 Å². The van der Waals surface area contributed by atoms with Gasteiger partial charge < -0.3 is 20.5 Å². The lowest BCUT2D eigenvalue weighted by Gasteiger charge is -2.38. The Hall–Kier alpha value is -4.98. The number of fused-ring (bicyclic) bond motifs is 1. The van der Waals surface area contributed by atoms with Crippen molar-refractivity contribution in [2.24, 2.45) is 0 Å². The molecule has 3 aromatic heterocycles. The molecule has 0 radical (unpaired) electrons. The van der Waals surface area contributed by atoms with Crippen LogP contribution in [0.25, 0.3) is 22.3 Å². The molecule has 0 aliphatic carbocycles. The summed E-state index contributed by atoms with van der Waals surface area (Å²) in [4.78, 5) is 37.4. The normalized spacial score (nSPS) is 13.2. The molecule has 0 bridgehead atoms. The third-order valence-electron chi connectivity index (χ3n) is 5.70. The molecule has 4 heterocycles. The highest BCUT2D eigenvalue weighted by Crippen LogP contribution is 2.30. The molecule has 2 amide bonds. The molecule has 35 heavy (non-hydrogen) atoms. The molecular formula is C24H21N9O2. The van der Waals surface area contributed by atoms with Crippen molar-refractivity contribution < 1.29 is 9.59 Å². The monoisotopic (exact) mass is 467 g/mol. The van der Waals surface area contributed by atoms with E-state index in [2.05, 4.69) is 32.3 Å². The molecule has 1 aliphatic heterocycles. The standard InChI is InChI=1S/C24H21N9O2/c1-2-21(34)30-17-5-3-4-16(8-17)29-20-11-27-24-23(31-20)19(10-26-24)15-9-28-33(12-15)18-13-32(14-18)22(35)6-7-25/h2-5,8-12,18H,1,6,13-14H2,(H,26,27)(H,29,31)(H,30,34). The third kappa shape index (κ3) is 4.45. The lowest BCUT2D eigenvalue weighted by molar-refractivity contribution is -0.136. The number of nitrogens with zero attached hydrogens (tertiary/aromatic N) is 6. The lowest BCUT2D eigenvalue weighted by Crippen LogP contribution is -2.50. The molecule has 4 aromatic rings. The van der Waals surface area contributed by atoms with Crippen LogP contribution in [0.15, 0.2) is 61.7 Å². The molecule has 0 saturated carbocycles. The van der Waals surface area contributed by atoms with Crippen molar-refractivity contribution in [3.8, 4) is 17.2 Å². The highest BCUT2D eigenvalue weighted by molar-refractivity contribution is 5.99. The number of rotatable bonds is 7. The Balaban J connectivity index is 1.33. The van der Waals surface area contributed by atoms with E-state index in [1.54, 1.807) is 29.4 Å². The number of benzene rings is 1. The summed E-state index contributed by atoms with van der Waals surface area (Å²) in [6.07, 6.45) is 8.26. The van der Waals surface area contributed by atoms with E-state index in [0.29, 0.717) is 35.8 Å². The maximum absolute atomic E-state index is 11.8. The van der Waals surface area contributed by atoms with E-state index < -0.39 is 0 Å². The van der Waals surface area contributed by atoms with Gasteiger partial charge in [0.1, 0.15) is 17.8 Å². The van der Waals surface area contributed by atoms with Gasteiger partial charge >= 0.3 is 0 Å². The highest BCUT2D eigenvalue weighted by atomic mass is 16.2. The summed E-state index contributed by atoms with van der Waals surface area (Å²) < 4.78 is 1.84. The maximum Gasteiger partial charge on any atom is 0.247 e. The Morgan fingerprint density at radius 3 is 2.91 bits per heavy atom. The molecule has 0 atom stereocenters. The van der Waals surface area contributed by atoms with Gasteiger partial charge in [-0.25, -0.2) is 9.97 Å². The summed E-state index contributed by atoms with van der Waals surface area (Å²) >= 11 is 0. The fourth-order valence-corrected chi connectivity index (χ4v) is 3.87. The van der Waals surface area contributed by atoms with Gasteiger partial charge in [0, 0.05) is 48.0 Å². The van der Waals surface area contributed by atoms with Crippen molar-refractivity contribution in [1.82, 2.24) is 29.6 Å². The van der Waals surface area contributed by atoms with Crippen LogP contribution in [0.1, 0.15) is 12.5 Å². The third-order valence-corrected chi connectivity index (χ3v) is 5.70. The maximum atomic E-state index is 11.8. The second-order valence-corrected chi connectivity index (χ2v) is 8.05. The van der Waals surface area contributed by atoms with E-state index in [4.69, 9.17) is 10.2 Å². The minimum atomic E-state index is -0.288. The summed E-state index contributed by atoms with van der Waals surface area (Å²) in [5, 5.41) is 19.1. The summed E-state index contributed by atoms with van der Waals surface area (Å²) in [6.45, 7) is 4.53. The SMILES string of the molecule is C=CC(=O)Nc1cccc(Nc2cnc3[nH]cc(-c4cnn(C5CN(C(=O)CC#N)C5)c4)c3n2)c1. The van der Waals surface area contributed by atoms with Crippen LogP contribution >= 0.6 is 0 Å². The van der Waals surface area contributed by atoms with Crippen molar-refractivity contribution in [3.05, 3.63) is 61.7 Å². The van der Waals surface area contributed by atoms with E-state index in [1.807, 2.05) is 35.3 Å².